The summed E-state index contributed by atoms with van der Waals surface area (Å²) in [6.45, 7) is 39.0. The summed E-state index contributed by atoms with van der Waals surface area (Å²) in [5.41, 5.74) is 0. The smallest absolute Gasteiger partial charge is 0.317 e. The number of aliphatic hydroxyl groups excluding tert-OH is 2. The SMILES string of the molecule is CCCCCCCCCCCCCC[Si](C)(O[Si](C)(C)O[Si](C)(C)C)O[Si](C)(CCC[Si](C)(C)O[Si](C)(C)C)O[Si](C)(CCCOCC(O)CO)O[Si](C)(C)C. The molecular weight excluding hydrogens is 837 g/mol. The Morgan fingerprint density at radius 1 is 0.411 bits per heavy atom. The minimum atomic E-state index is -2.89. The molecular formula is C39H96O9Si8. The zero-order valence-corrected chi connectivity index (χ0v) is 48.2. The van der Waals surface area contributed by atoms with Gasteiger partial charge in [0.25, 0.3) is 0 Å². The number of rotatable bonds is 36. The van der Waals surface area contributed by atoms with E-state index in [9.17, 15) is 10.2 Å². The monoisotopic (exact) mass is 933 g/mol. The number of ether oxygens (including phenoxy) is 1. The van der Waals surface area contributed by atoms with Crippen molar-refractivity contribution in [2.75, 3.05) is 19.8 Å². The molecule has 338 valence electrons. The highest BCUT2D eigenvalue weighted by Crippen LogP contribution is 2.36. The standard InChI is InChI=1S/C39H96O9Si8/c1-18-19-20-21-22-23-24-25-26-27-28-29-34-55(16,46-53(13,14)44-50(5,6)7)48-56(17,36-31-33-52(11,12)43-49(2,3)4)47-54(15,45-51(8,9)10)35-30-32-42-38-39(41)37-40/h39-41H,18-38H2,1-17H3. The Balaban J connectivity index is 6.34. The van der Waals surface area contributed by atoms with Crippen molar-refractivity contribution in [1.82, 2.24) is 0 Å². The van der Waals surface area contributed by atoms with Crippen LogP contribution < -0.4 is 0 Å². The molecule has 2 N–H and O–H groups in total. The molecule has 0 aliphatic carbocycles. The van der Waals surface area contributed by atoms with Gasteiger partial charge >= 0.3 is 34.2 Å². The zero-order valence-electron chi connectivity index (χ0n) is 40.2. The van der Waals surface area contributed by atoms with Crippen molar-refractivity contribution in [3.8, 4) is 0 Å². The van der Waals surface area contributed by atoms with Crippen molar-refractivity contribution in [2.24, 2.45) is 0 Å². The predicted molar refractivity (Wildman–Crippen MR) is 260 cm³/mol. The van der Waals surface area contributed by atoms with Crippen molar-refractivity contribution in [1.29, 1.82) is 0 Å². The first-order chi connectivity index (χ1) is 25.5. The second-order valence-corrected chi connectivity index (χ2v) is 53.7. The topological polar surface area (TPSA) is 105 Å². The third-order valence-electron chi connectivity index (χ3n) is 9.32. The second-order valence-electron chi connectivity index (χ2n) is 21.0. The van der Waals surface area contributed by atoms with Crippen molar-refractivity contribution in [2.45, 2.75) is 232 Å². The van der Waals surface area contributed by atoms with Crippen LogP contribution in [0.2, 0.25) is 129 Å². The maximum Gasteiger partial charge on any atom is 0.317 e. The molecule has 4 atom stereocenters. The van der Waals surface area contributed by atoms with Gasteiger partial charge < -0.3 is 39.6 Å². The first-order valence-electron chi connectivity index (χ1n) is 22.5. The Kier molecular flexibility index (Phi) is 27.4. The zero-order chi connectivity index (χ0) is 43.4. The van der Waals surface area contributed by atoms with Crippen LogP contribution in [0.4, 0.5) is 0 Å². The molecule has 0 heterocycles. The summed E-state index contributed by atoms with van der Waals surface area (Å²) in [4.78, 5) is 0. The Bertz CT molecular complexity index is 1030. The minimum absolute atomic E-state index is 0.124. The lowest BCUT2D eigenvalue weighted by Gasteiger charge is -2.46. The number of hydrogen-bond acceptors (Lipinski definition) is 9. The van der Waals surface area contributed by atoms with Gasteiger partial charge in [-0.15, -0.1) is 0 Å². The molecule has 0 amide bonds. The van der Waals surface area contributed by atoms with E-state index in [1.807, 2.05) is 0 Å². The fraction of sp³-hybridized carbons (Fsp3) is 1.00. The summed E-state index contributed by atoms with van der Waals surface area (Å²) in [6, 6.07) is 3.65. The first-order valence-corrected chi connectivity index (χ1v) is 46.3. The van der Waals surface area contributed by atoms with Gasteiger partial charge in [0.05, 0.1) is 13.2 Å². The normalized spacial score (nSPS) is 17.4. The van der Waals surface area contributed by atoms with E-state index in [1.165, 1.54) is 70.6 Å². The van der Waals surface area contributed by atoms with Crippen LogP contribution in [0.5, 0.6) is 0 Å². The Morgan fingerprint density at radius 2 is 0.804 bits per heavy atom. The van der Waals surface area contributed by atoms with Crippen molar-refractivity contribution >= 4 is 67.5 Å². The van der Waals surface area contributed by atoms with Crippen LogP contribution in [0, 0.1) is 0 Å². The van der Waals surface area contributed by atoms with Gasteiger partial charge in [-0.05, 0) is 135 Å². The third-order valence-corrected chi connectivity index (χ3v) is 38.5. The molecule has 0 aliphatic heterocycles. The largest absolute Gasteiger partial charge is 0.456 e. The minimum Gasteiger partial charge on any atom is -0.456 e. The molecule has 17 heteroatoms. The average Bonchev–Trinajstić information content (AvgIpc) is 2.97. The molecule has 0 bridgehead atoms. The Hall–Kier alpha value is 1.38. The molecule has 0 saturated carbocycles. The predicted octanol–water partition coefficient (Wildman–Crippen LogP) is 12.6. The van der Waals surface area contributed by atoms with Crippen LogP contribution >= 0.6 is 0 Å². The van der Waals surface area contributed by atoms with E-state index < -0.39 is 73.6 Å². The first kappa shape index (κ1) is 57.4. The fourth-order valence-corrected chi connectivity index (χ4v) is 46.1. The molecule has 0 aromatic rings. The maximum atomic E-state index is 9.80. The second kappa shape index (κ2) is 26.8. The van der Waals surface area contributed by atoms with E-state index in [-0.39, 0.29) is 13.2 Å². The van der Waals surface area contributed by atoms with Gasteiger partial charge in [-0.3, -0.25) is 0 Å². The Labute approximate surface area is 357 Å². The summed E-state index contributed by atoms with van der Waals surface area (Å²) in [7, 11) is -18.3. The van der Waals surface area contributed by atoms with Crippen molar-refractivity contribution in [3.63, 3.8) is 0 Å². The molecule has 0 aromatic heterocycles. The van der Waals surface area contributed by atoms with Gasteiger partial charge in [-0.25, -0.2) is 0 Å². The molecule has 0 fully saturated rings. The van der Waals surface area contributed by atoms with Gasteiger partial charge in [-0.2, -0.15) is 0 Å². The quantitative estimate of drug-likeness (QED) is 0.0469. The van der Waals surface area contributed by atoms with Crippen LogP contribution in [0.15, 0.2) is 0 Å². The lowest BCUT2D eigenvalue weighted by molar-refractivity contribution is 0.00623. The molecule has 0 radical (unpaired) electrons. The summed E-state index contributed by atoms with van der Waals surface area (Å²) in [5, 5.41) is 19.0. The lowest BCUT2D eigenvalue weighted by Crippen LogP contribution is -2.62. The van der Waals surface area contributed by atoms with E-state index in [4.69, 9.17) is 29.4 Å². The number of unbranched alkanes of at least 4 members (excludes halogenated alkanes) is 11. The van der Waals surface area contributed by atoms with E-state index in [1.54, 1.807) is 0 Å². The van der Waals surface area contributed by atoms with Gasteiger partial charge in [0.2, 0.25) is 0 Å². The molecule has 56 heavy (non-hydrogen) atoms. The Morgan fingerprint density at radius 3 is 1.25 bits per heavy atom. The van der Waals surface area contributed by atoms with Crippen LogP contribution in [0.1, 0.15) is 96.8 Å². The molecule has 0 aromatic carbocycles. The molecule has 0 rings (SSSR count). The van der Waals surface area contributed by atoms with Gasteiger partial charge in [0.15, 0.2) is 33.3 Å². The van der Waals surface area contributed by atoms with E-state index >= 15 is 0 Å². The highest BCUT2D eigenvalue weighted by molar-refractivity contribution is 6.92. The van der Waals surface area contributed by atoms with Gasteiger partial charge in [-0.1, -0.05) is 90.4 Å². The molecule has 0 aliphatic rings. The highest BCUT2D eigenvalue weighted by atomic mass is 28.5. The van der Waals surface area contributed by atoms with E-state index in [2.05, 4.69) is 112 Å². The third kappa shape index (κ3) is 32.1. The highest BCUT2D eigenvalue weighted by Gasteiger charge is 2.51. The number of aliphatic hydroxyl groups is 2. The van der Waals surface area contributed by atoms with Crippen LogP contribution in [0.25, 0.3) is 0 Å². The van der Waals surface area contributed by atoms with Crippen LogP contribution in [-0.4, -0.2) is 104 Å². The number of hydrogen-bond donors (Lipinski definition) is 2. The fourth-order valence-electron chi connectivity index (χ4n) is 7.98. The molecule has 4 unspecified atom stereocenters. The van der Waals surface area contributed by atoms with Gasteiger partial charge in [0.1, 0.15) is 6.10 Å². The summed E-state index contributed by atoms with van der Waals surface area (Å²) < 4.78 is 48.9. The van der Waals surface area contributed by atoms with Crippen molar-refractivity contribution in [3.05, 3.63) is 0 Å². The molecule has 0 spiro atoms. The van der Waals surface area contributed by atoms with Gasteiger partial charge in [0, 0.05) is 6.61 Å². The van der Waals surface area contributed by atoms with Crippen molar-refractivity contribution < 1.29 is 39.6 Å². The lowest BCUT2D eigenvalue weighted by atomic mass is 10.1. The summed E-state index contributed by atoms with van der Waals surface area (Å²) in [6.07, 6.45) is 16.7. The molecule has 0 saturated heterocycles. The van der Waals surface area contributed by atoms with E-state index in [0.717, 1.165) is 43.4 Å². The van der Waals surface area contributed by atoms with Crippen LogP contribution in [-0.2, 0) is 29.4 Å². The van der Waals surface area contributed by atoms with Crippen LogP contribution in [0.3, 0.4) is 0 Å². The van der Waals surface area contributed by atoms with E-state index in [0.29, 0.717) is 6.61 Å². The average molecular weight is 934 g/mol. The maximum absolute atomic E-state index is 9.80. The molecule has 9 nitrogen and oxygen atoms in total. The summed E-state index contributed by atoms with van der Waals surface area (Å²) >= 11 is 0. The summed E-state index contributed by atoms with van der Waals surface area (Å²) in [5.74, 6) is 0.